The molecule has 4 nitrogen and oxygen atoms in total. The summed E-state index contributed by atoms with van der Waals surface area (Å²) in [7, 11) is 0. The van der Waals surface area contributed by atoms with Gasteiger partial charge in [-0.15, -0.1) is 0 Å². The molecular formula is C17H20N2O2. The number of benzene rings is 2. The van der Waals surface area contributed by atoms with E-state index in [0.29, 0.717) is 24.1 Å². The van der Waals surface area contributed by atoms with Crippen molar-refractivity contribution in [1.82, 2.24) is 5.32 Å². The molecule has 0 saturated carbocycles. The normalized spacial score (nSPS) is 11.9. The summed E-state index contributed by atoms with van der Waals surface area (Å²) < 4.78 is 0. The van der Waals surface area contributed by atoms with E-state index < -0.39 is 0 Å². The molecule has 0 aromatic heterocycles. The Balaban J connectivity index is 1.89. The van der Waals surface area contributed by atoms with E-state index in [1.165, 1.54) is 0 Å². The van der Waals surface area contributed by atoms with Gasteiger partial charge in [-0.05, 0) is 31.0 Å². The predicted molar refractivity (Wildman–Crippen MR) is 83.2 cm³/mol. The average molecular weight is 284 g/mol. The molecule has 1 unspecified atom stereocenters. The Bertz CT molecular complexity index is 611. The highest BCUT2D eigenvalue weighted by Gasteiger charge is 2.11. The lowest BCUT2D eigenvalue weighted by Crippen LogP contribution is -2.27. The van der Waals surface area contributed by atoms with Crippen LogP contribution in [0.15, 0.2) is 48.5 Å². The standard InChI is InChI=1S/C17H20N2O2/c1-12-14(8-5-9-16(12)20)17(21)19-11-10-15(18)13-6-3-2-4-7-13/h2-9,15,20H,10-11,18H2,1H3,(H,19,21). The van der Waals surface area contributed by atoms with Gasteiger partial charge in [-0.3, -0.25) is 4.79 Å². The van der Waals surface area contributed by atoms with Crippen molar-refractivity contribution < 1.29 is 9.90 Å². The van der Waals surface area contributed by atoms with Gasteiger partial charge in [0, 0.05) is 23.7 Å². The van der Waals surface area contributed by atoms with Crippen LogP contribution in [-0.4, -0.2) is 17.6 Å². The van der Waals surface area contributed by atoms with Crippen LogP contribution in [0.1, 0.15) is 33.9 Å². The summed E-state index contributed by atoms with van der Waals surface area (Å²) in [4.78, 5) is 12.1. The first-order chi connectivity index (χ1) is 10.1. The molecule has 0 spiro atoms. The highest BCUT2D eigenvalue weighted by Crippen LogP contribution is 2.19. The number of phenolic OH excluding ortho intramolecular Hbond substituents is 1. The zero-order chi connectivity index (χ0) is 15.2. The molecule has 0 heterocycles. The Kier molecular flexibility index (Phi) is 4.95. The number of phenols is 1. The van der Waals surface area contributed by atoms with Crippen LogP contribution < -0.4 is 11.1 Å². The van der Waals surface area contributed by atoms with Gasteiger partial charge in [0.05, 0.1) is 0 Å². The molecule has 0 aliphatic carbocycles. The summed E-state index contributed by atoms with van der Waals surface area (Å²) in [6.07, 6.45) is 0.660. The zero-order valence-corrected chi connectivity index (χ0v) is 12.0. The summed E-state index contributed by atoms with van der Waals surface area (Å²) >= 11 is 0. The lowest BCUT2D eigenvalue weighted by Gasteiger charge is -2.13. The molecule has 4 N–H and O–H groups in total. The summed E-state index contributed by atoms with van der Waals surface area (Å²) in [5.74, 6) is -0.0627. The number of hydrogen-bond acceptors (Lipinski definition) is 3. The minimum Gasteiger partial charge on any atom is -0.508 e. The molecule has 2 aromatic carbocycles. The van der Waals surface area contributed by atoms with Crippen LogP contribution in [0.4, 0.5) is 0 Å². The fraction of sp³-hybridized carbons (Fsp3) is 0.235. The van der Waals surface area contributed by atoms with Crippen molar-refractivity contribution in [1.29, 1.82) is 0 Å². The van der Waals surface area contributed by atoms with Crippen LogP contribution in [0.25, 0.3) is 0 Å². The van der Waals surface area contributed by atoms with E-state index in [4.69, 9.17) is 5.73 Å². The van der Waals surface area contributed by atoms with E-state index in [0.717, 1.165) is 5.56 Å². The average Bonchev–Trinajstić information content (AvgIpc) is 2.50. The highest BCUT2D eigenvalue weighted by molar-refractivity contribution is 5.96. The number of carbonyl (C=O) groups excluding carboxylic acids is 1. The predicted octanol–water partition coefficient (Wildman–Crippen LogP) is 2.52. The smallest absolute Gasteiger partial charge is 0.251 e. The van der Waals surface area contributed by atoms with E-state index in [-0.39, 0.29) is 17.7 Å². The first kappa shape index (κ1) is 15.1. The first-order valence-electron chi connectivity index (χ1n) is 6.97. The van der Waals surface area contributed by atoms with Crippen LogP contribution in [0.3, 0.4) is 0 Å². The van der Waals surface area contributed by atoms with Gasteiger partial charge in [-0.25, -0.2) is 0 Å². The Morgan fingerprint density at radius 3 is 2.62 bits per heavy atom. The minimum absolute atomic E-state index is 0.100. The molecule has 110 valence electrons. The van der Waals surface area contributed by atoms with Gasteiger partial charge in [0.2, 0.25) is 0 Å². The summed E-state index contributed by atoms with van der Waals surface area (Å²) in [6.45, 7) is 2.21. The second-order valence-corrected chi connectivity index (χ2v) is 5.01. The number of nitrogens with one attached hydrogen (secondary N) is 1. The molecule has 0 radical (unpaired) electrons. The number of aromatic hydroxyl groups is 1. The van der Waals surface area contributed by atoms with Crippen molar-refractivity contribution >= 4 is 5.91 Å². The molecular weight excluding hydrogens is 264 g/mol. The molecule has 0 aliphatic heterocycles. The quantitative estimate of drug-likeness (QED) is 0.789. The molecule has 0 aliphatic rings. The fourth-order valence-corrected chi connectivity index (χ4v) is 2.17. The first-order valence-corrected chi connectivity index (χ1v) is 6.97. The highest BCUT2D eigenvalue weighted by atomic mass is 16.3. The molecule has 1 amide bonds. The Morgan fingerprint density at radius 1 is 1.19 bits per heavy atom. The van der Waals surface area contributed by atoms with Gasteiger partial charge < -0.3 is 16.2 Å². The van der Waals surface area contributed by atoms with Crippen LogP contribution in [0.2, 0.25) is 0 Å². The SMILES string of the molecule is Cc1c(O)cccc1C(=O)NCCC(N)c1ccccc1. The Hall–Kier alpha value is -2.33. The van der Waals surface area contributed by atoms with E-state index in [1.54, 1.807) is 25.1 Å². The van der Waals surface area contributed by atoms with Crippen molar-refractivity contribution in [2.45, 2.75) is 19.4 Å². The van der Waals surface area contributed by atoms with E-state index in [2.05, 4.69) is 5.32 Å². The second-order valence-electron chi connectivity index (χ2n) is 5.01. The second kappa shape index (κ2) is 6.90. The van der Waals surface area contributed by atoms with Crippen molar-refractivity contribution in [3.05, 3.63) is 65.2 Å². The number of carbonyl (C=O) groups is 1. The third-order valence-corrected chi connectivity index (χ3v) is 3.52. The largest absolute Gasteiger partial charge is 0.508 e. The van der Waals surface area contributed by atoms with E-state index in [9.17, 15) is 9.90 Å². The molecule has 1 atom stereocenters. The van der Waals surface area contributed by atoms with Gasteiger partial charge in [0.1, 0.15) is 5.75 Å². The summed E-state index contributed by atoms with van der Waals surface area (Å²) in [5, 5.41) is 12.4. The van der Waals surface area contributed by atoms with Gasteiger partial charge in [0.15, 0.2) is 0 Å². The lowest BCUT2D eigenvalue weighted by atomic mass is 10.0. The monoisotopic (exact) mass is 284 g/mol. The van der Waals surface area contributed by atoms with Gasteiger partial charge in [0.25, 0.3) is 5.91 Å². The molecule has 21 heavy (non-hydrogen) atoms. The van der Waals surface area contributed by atoms with Crippen molar-refractivity contribution in [2.24, 2.45) is 5.73 Å². The Morgan fingerprint density at radius 2 is 1.90 bits per heavy atom. The number of amides is 1. The van der Waals surface area contributed by atoms with Crippen molar-refractivity contribution in [2.75, 3.05) is 6.54 Å². The molecule has 2 rings (SSSR count). The third-order valence-electron chi connectivity index (χ3n) is 3.52. The fourth-order valence-electron chi connectivity index (χ4n) is 2.17. The van der Waals surface area contributed by atoms with E-state index in [1.807, 2.05) is 30.3 Å². The van der Waals surface area contributed by atoms with Crippen LogP contribution in [-0.2, 0) is 0 Å². The molecule has 0 fully saturated rings. The number of nitrogens with two attached hydrogens (primary N) is 1. The maximum Gasteiger partial charge on any atom is 0.251 e. The maximum atomic E-state index is 12.1. The maximum absolute atomic E-state index is 12.1. The number of rotatable bonds is 5. The summed E-state index contributed by atoms with van der Waals surface area (Å²) in [5.41, 5.74) is 8.21. The topological polar surface area (TPSA) is 75.3 Å². The Labute approximate surface area is 124 Å². The van der Waals surface area contributed by atoms with E-state index >= 15 is 0 Å². The van der Waals surface area contributed by atoms with Gasteiger partial charge in [-0.1, -0.05) is 36.4 Å². The van der Waals surface area contributed by atoms with Gasteiger partial charge >= 0.3 is 0 Å². The van der Waals surface area contributed by atoms with Crippen molar-refractivity contribution in [3.63, 3.8) is 0 Å². The minimum atomic E-state index is -0.191. The van der Waals surface area contributed by atoms with Crippen molar-refractivity contribution in [3.8, 4) is 5.75 Å². The van der Waals surface area contributed by atoms with Crippen LogP contribution in [0.5, 0.6) is 5.75 Å². The lowest BCUT2D eigenvalue weighted by molar-refractivity contribution is 0.0951. The van der Waals surface area contributed by atoms with Crippen LogP contribution in [0, 0.1) is 6.92 Å². The third kappa shape index (κ3) is 3.83. The number of hydrogen-bond donors (Lipinski definition) is 3. The molecule has 0 bridgehead atoms. The van der Waals surface area contributed by atoms with Gasteiger partial charge in [-0.2, -0.15) is 0 Å². The zero-order valence-electron chi connectivity index (χ0n) is 12.0. The molecule has 4 heteroatoms. The van der Waals surface area contributed by atoms with Crippen LogP contribution >= 0.6 is 0 Å². The molecule has 0 saturated heterocycles. The molecule has 2 aromatic rings. The summed E-state index contributed by atoms with van der Waals surface area (Å²) in [6, 6.07) is 14.6.